The van der Waals surface area contributed by atoms with Crippen LogP contribution in [0.2, 0.25) is 0 Å². The lowest BCUT2D eigenvalue weighted by Crippen LogP contribution is -2.35. The van der Waals surface area contributed by atoms with Gasteiger partial charge in [0, 0.05) is 10.9 Å². The second-order valence-electron chi connectivity index (χ2n) is 4.20. The molecule has 2 heteroatoms. The minimum Gasteiger partial charge on any atom is -0.314 e. The summed E-state index contributed by atoms with van der Waals surface area (Å²) in [7, 11) is 0. The molecule has 1 unspecified atom stereocenters. The molecule has 0 aromatic heterocycles. The molecule has 1 atom stereocenters. The average Bonchev–Trinajstić information content (AvgIpc) is 2.31. The molecule has 1 fully saturated rings. The number of benzene rings is 1. The normalized spacial score (nSPS) is 21.5. The smallest absolute Gasteiger partial charge is 0.0107 e. The second kappa shape index (κ2) is 5.57. The first-order valence-corrected chi connectivity index (χ1v) is 6.97. The number of piperidine rings is 1. The largest absolute Gasteiger partial charge is 0.314 e. The van der Waals surface area contributed by atoms with Crippen LogP contribution in [0.25, 0.3) is 0 Å². The zero-order valence-electron chi connectivity index (χ0n) is 9.33. The second-order valence-corrected chi connectivity index (χ2v) is 5.08. The van der Waals surface area contributed by atoms with E-state index in [1.54, 1.807) is 0 Å². The quantitative estimate of drug-likeness (QED) is 0.787. The molecule has 0 aliphatic carbocycles. The van der Waals surface area contributed by atoms with E-state index in [1.165, 1.54) is 42.7 Å². The molecule has 2 rings (SSSR count). The molecule has 1 aliphatic rings. The summed E-state index contributed by atoms with van der Waals surface area (Å²) in [5, 5.41) is 3.59. The van der Waals surface area contributed by atoms with Gasteiger partial charge in [0.25, 0.3) is 0 Å². The summed E-state index contributed by atoms with van der Waals surface area (Å²) < 4.78 is 0. The van der Waals surface area contributed by atoms with Gasteiger partial charge < -0.3 is 5.32 Å². The molecule has 1 aliphatic heterocycles. The SMILES string of the molecule is CSc1ccc(CC2CCCCN2)cc1. The summed E-state index contributed by atoms with van der Waals surface area (Å²) in [6.07, 6.45) is 7.39. The molecule has 82 valence electrons. The lowest BCUT2D eigenvalue weighted by molar-refractivity contribution is 0.399. The Labute approximate surface area is 96.7 Å². The maximum absolute atomic E-state index is 3.59. The first-order chi connectivity index (χ1) is 7.38. The molecule has 0 bridgehead atoms. The van der Waals surface area contributed by atoms with Crippen molar-refractivity contribution in [3.8, 4) is 0 Å². The maximum Gasteiger partial charge on any atom is 0.0107 e. The summed E-state index contributed by atoms with van der Waals surface area (Å²) in [5.74, 6) is 0. The molecule has 1 nitrogen and oxygen atoms in total. The molecule has 1 N–H and O–H groups in total. The monoisotopic (exact) mass is 221 g/mol. The molecule has 1 saturated heterocycles. The van der Waals surface area contributed by atoms with E-state index in [0.29, 0.717) is 6.04 Å². The van der Waals surface area contributed by atoms with Crippen LogP contribution in [-0.4, -0.2) is 18.8 Å². The highest BCUT2D eigenvalue weighted by Gasteiger charge is 2.12. The number of hydrogen-bond donors (Lipinski definition) is 1. The van der Waals surface area contributed by atoms with Gasteiger partial charge in [-0.1, -0.05) is 18.6 Å². The highest BCUT2D eigenvalue weighted by molar-refractivity contribution is 7.98. The van der Waals surface area contributed by atoms with Gasteiger partial charge in [-0.3, -0.25) is 0 Å². The Bertz CT molecular complexity index is 288. The summed E-state index contributed by atoms with van der Waals surface area (Å²) >= 11 is 1.81. The van der Waals surface area contributed by atoms with Crippen LogP contribution >= 0.6 is 11.8 Å². The van der Waals surface area contributed by atoms with E-state index < -0.39 is 0 Å². The Morgan fingerprint density at radius 2 is 2.07 bits per heavy atom. The summed E-state index contributed by atoms with van der Waals surface area (Å²) in [5.41, 5.74) is 1.47. The van der Waals surface area contributed by atoms with Crippen molar-refractivity contribution in [1.29, 1.82) is 0 Å². The Morgan fingerprint density at radius 3 is 2.67 bits per heavy atom. The molecular formula is C13H19NS. The third kappa shape index (κ3) is 3.25. The van der Waals surface area contributed by atoms with E-state index in [2.05, 4.69) is 35.8 Å². The van der Waals surface area contributed by atoms with Crippen LogP contribution in [0.3, 0.4) is 0 Å². The predicted octanol–water partition coefficient (Wildman–Crippen LogP) is 3.09. The van der Waals surface area contributed by atoms with Crippen LogP contribution in [0.15, 0.2) is 29.2 Å². The number of rotatable bonds is 3. The van der Waals surface area contributed by atoms with Gasteiger partial charge >= 0.3 is 0 Å². The fourth-order valence-corrected chi connectivity index (χ4v) is 2.55. The van der Waals surface area contributed by atoms with Gasteiger partial charge in [-0.15, -0.1) is 11.8 Å². The minimum atomic E-state index is 0.707. The molecule has 0 spiro atoms. The van der Waals surface area contributed by atoms with Crippen molar-refractivity contribution in [1.82, 2.24) is 5.32 Å². The highest BCUT2D eigenvalue weighted by atomic mass is 32.2. The first-order valence-electron chi connectivity index (χ1n) is 5.75. The van der Waals surface area contributed by atoms with Gasteiger partial charge in [0.2, 0.25) is 0 Å². The third-order valence-corrected chi connectivity index (χ3v) is 3.80. The van der Waals surface area contributed by atoms with Crippen LogP contribution in [0.1, 0.15) is 24.8 Å². The van der Waals surface area contributed by atoms with Gasteiger partial charge in [0.15, 0.2) is 0 Å². The van der Waals surface area contributed by atoms with Crippen molar-refractivity contribution < 1.29 is 0 Å². The van der Waals surface area contributed by atoms with Crippen molar-refractivity contribution in [3.05, 3.63) is 29.8 Å². The van der Waals surface area contributed by atoms with Crippen LogP contribution in [-0.2, 0) is 6.42 Å². The molecule has 1 aromatic rings. The van der Waals surface area contributed by atoms with Crippen molar-refractivity contribution >= 4 is 11.8 Å². The van der Waals surface area contributed by atoms with E-state index in [4.69, 9.17) is 0 Å². The summed E-state index contributed by atoms with van der Waals surface area (Å²) in [6, 6.07) is 9.69. The highest BCUT2D eigenvalue weighted by Crippen LogP contribution is 2.17. The standard InChI is InChI=1S/C13H19NS/c1-15-13-7-5-11(6-8-13)10-12-4-2-3-9-14-12/h5-8,12,14H,2-4,9-10H2,1H3. The fraction of sp³-hybridized carbons (Fsp3) is 0.538. The lowest BCUT2D eigenvalue weighted by atomic mass is 9.98. The van der Waals surface area contributed by atoms with Crippen molar-refractivity contribution in [3.63, 3.8) is 0 Å². The van der Waals surface area contributed by atoms with Gasteiger partial charge in [-0.2, -0.15) is 0 Å². The molecule has 0 radical (unpaired) electrons. The van der Waals surface area contributed by atoms with Crippen LogP contribution in [0.5, 0.6) is 0 Å². The Balaban J connectivity index is 1.91. The van der Waals surface area contributed by atoms with Gasteiger partial charge in [0.1, 0.15) is 0 Å². The van der Waals surface area contributed by atoms with E-state index in [9.17, 15) is 0 Å². The zero-order chi connectivity index (χ0) is 10.5. The molecule has 15 heavy (non-hydrogen) atoms. The van der Waals surface area contributed by atoms with Gasteiger partial charge in [-0.05, 0) is 49.8 Å². The lowest BCUT2D eigenvalue weighted by Gasteiger charge is -2.23. The van der Waals surface area contributed by atoms with E-state index in [-0.39, 0.29) is 0 Å². The van der Waals surface area contributed by atoms with E-state index in [0.717, 1.165) is 0 Å². The van der Waals surface area contributed by atoms with Crippen LogP contribution in [0, 0.1) is 0 Å². The molecule has 1 aromatic carbocycles. The zero-order valence-corrected chi connectivity index (χ0v) is 10.1. The minimum absolute atomic E-state index is 0.707. The Morgan fingerprint density at radius 1 is 1.27 bits per heavy atom. The van der Waals surface area contributed by atoms with E-state index in [1.807, 2.05) is 11.8 Å². The van der Waals surface area contributed by atoms with Crippen molar-refractivity contribution in [2.75, 3.05) is 12.8 Å². The Kier molecular flexibility index (Phi) is 4.09. The van der Waals surface area contributed by atoms with Crippen LogP contribution in [0.4, 0.5) is 0 Å². The predicted molar refractivity (Wildman–Crippen MR) is 67.6 cm³/mol. The molecular weight excluding hydrogens is 202 g/mol. The number of thioether (sulfide) groups is 1. The van der Waals surface area contributed by atoms with Crippen molar-refractivity contribution in [2.24, 2.45) is 0 Å². The van der Waals surface area contributed by atoms with E-state index >= 15 is 0 Å². The molecule has 0 saturated carbocycles. The number of nitrogens with one attached hydrogen (secondary N) is 1. The maximum atomic E-state index is 3.59. The first kappa shape index (κ1) is 11.0. The Hall–Kier alpha value is -0.470. The summed E-state index contributed by atoms with van der Waals surface area (Å²) in [6.45, 7) is 1.20. The average molecular weight is 221 g/mol. The third-order valence-electron chi connectivity index (χ3n) is 3.05. The van der Waals surface area contributed by atoms with Gasteiger partial charge in [0.05, 0.1) is 0 Å². The van der Waals surface area contributed by atoms with Gasteiger partial charge in [-0.25, -0.2) is 0 Å². The topological polar surface area (TPSA) is 12.0 Å². The van der Waals surface area contributed by atoms with Crippen molar-refractivity contribution in [2.45, 2.75) is 36.6 Å². The van der Waals surface area contributed by atoms with Crippen LogP contribution < -0.4 is 5.32 Å². The molecule has 0 amide bonds. The fourth-order valence-electron chi connectivity index (χ4n) is 2.14. The summed E-state index contributed by atoms with van der Waals surface area (Å²) in [4.78, 5) is 1.36. The number of hydrogen-bond acceptors (Lipinski definition) is 2. The molecule has 1 heterocycles.